The molecule has 2 saturated heterocycles. The predicted molar refractivity (Wildman–Crippen MR) is 60.6 cm³/mol. The molecule has 2 aliphatic rings. The van der Waals surface area contributed by atoms with Crippen LogP contribution in [0.2, 0.25) is 0 Å². The molecule has 0 bridgehead atoms. The van der Waals surface area contributed by atoms with Crippen LogP contribution in [0, 0.1) is 0 Å². The fourth-order valence-corrected chi connectivity index (χ4v) is 2.29. The number of ether oxygens (including phenoxy) is 4. The van der Waals surface area contributed by atoms with Crippen molar-refractivity contribution in [2.45, 2.75) is 64.0 Å². The highest BCUT2D eigenvalue weighted by Crippen LogP contribution is 2.38. The highest BCUT2D eigenvalue weighted by atomic mass is 16.8. The molecule has 104 valence electrons. The zero-order valence-corrected chi connectivity index (χ0v) is 10.9. The van der Waals surface area contributed by atoms with Gasteiger partial charge >= 0.3 is 5.97 Å². The van der Waals surface area contributed by atoms with Gasteiger partial charge in [0.25, 0.3) is 0 Å². The number of carbonyl (C=O) groups excluding carboxylic acids is 1. The third-order valence-corrected chi connectivity index (χ3v) is 3.05. The van der Waals surface area contributed by atoms with Crippen molar-refractivity contribution in [3.63, 3.8) is 0 Å². The molecule has 6 nitrogen and oxygen atoms in total. The molecule has 0 amide bonds. The van der Waals surface area contributed by atoms with Gasteiger partial charge in [-0.1, -0.05) is 0 Å². The van der Waals surface area contributed by atoms with E-state index in [1.165, 1.54) is 0 Å². The number of aliphatic hydroxyl groups is 1. The Hall–Kier alpha value is -0.690. The molecule has 0 aromatic rings. The summed E-state index contributed by atoms with van der Waals surface area (Å²) < 4.78 is 21.4. The number of aliphatic hydroxyl groups excluding tert-OH is 1. The maximum Gasteiger partial charge on any atom is 0.305 e. The lowest BCUT2D eigenvalue weighted by molar-refractivity contribution is -0.215. The summed E-state index contributed by atoms with van der Waals surface area (Å²) in [6.07, 6.45) is -1.63. The second-order valence-corrected chi connectivity index (χ2v) is 4.98. The van der Waals surface area contributed by atoms with Gasteiger partial charge in [-0.05, 0) is 27.2 Å². The van der Waals surface area contributed by atoms with Gasteiger partial charge in [0.1, 0.15) is 12.2 Å². The Morgan fingerprint density at radius 1 is 1.39 bits per heavy atom. The van der Waals surface area contributed by atoms with Crippen molar-refractivity contribution in [2.75, 3.05) is 6.61 Å². The van der Waals surface area contributed by atoms with E-state index in [-0.39, 0.29) is 12.4 Å². The van der Waals surface area contributed by atoms with Crippen molar-refractivity contribution in [1.29, 1.82) is 0 Å². The average molecular weight is 260 g/mol. The summed E-state index contributed by atoms with van der Waals surface area (Å²) in [6.45, 7) is 5.66. The Morgan fingerprint density at radius 3 is 2.72 bits per heavy atom. The molecule has 4 atom stereocenters. The first-order valence-corrected chi connectivity index (χ1v) is 6.28. The maximum atomic E-state index is 11.2. The summed E-state index contributed by atoms with van der Waals surface area (Å²) in [5.41, 5.74) is 0. The van der Waals surface area contributed by atoms with Crippen molar-refractivity contribution in [3.05, 3.63) is 0 Å². The highest BCUT2D eigenvalue weighted by Gasteiger charge is 2.53. The summed E-state index contributed by atoms with van der Waals surface area (Å²) >= 11 is 0. The summed E-state index contributed by atoms with van der Waals surface area (Å²) in [4.78, 5) is 11.2. The van der Waals surface area contributed by atoms with Gasteiger partial charge in [-0.25, -0.2) is 0 Å². The van der Waals surface area contributed by atoms with Crippen LogP contribution in [0.3, 0.4) is 0 Å². The van der Waals surface area contributed by atoms with Crippen LogP contribution < -0.4 is 0 Å². The first kappa shape index (κ1) is 13.7. The molecule has 0 saturated carbocycles. The first-order valence-electron chi connectivity index (χ1n) is 6.28. The van der Waals surface area contributed by atoms with Gasteiger partial charge in [0.05, 0.1) is 12.7 Å². The van der Waals surface area contributed by atoms with Crippen LogP contribution in [0.4, 0.5) is 0 Å². The quantitative estimate of drug-likeness (QED) is 0.745. The summed E-state index contributed by atoms with van der Waals surface area (Å²) in [5, 5.41) is 10.1. The van der Waals surface area contributed by atoms with Crippen molar-refractivity contribution in [1.82, 2.24) is 0 Å². The molecule has 18 heavy (non-hydrogen) atoms. The lowest BCUT2D eigenvalue weighted by atomic mass is 10.1. The smallest absolute Gasteiger partial charge is 0.305 e. The fraction of sp³-hybridized carbons (Fsp3) is 0.917. The third-order valence-electron chi connectivity index (χ3n) is 3.05. The maximum absolute atomic E-state index is 11.2. The lowest BCUT2D eigenvalue weighted by Crippen LogP contribution is -2.34. The molecule has 2 fully saturated rings. The Balaban J connectivity index is 1.82. The second kappa shape index (κ2) is 5.13. The Kier molecular flexibility index (Phi) is 3.91. The molecule has 0 spiro atoms. The molecule has 0 aliphatic carbocycles. The monoisotopic (exact) mass is 260 g/mol. The molecular formula is C12H20O6. The van der Waals surface area contributed by atoms with Gasteiger partial charge in [0, 0.05) is 6.42 Å². The second-order valence-electron chi connectivity index (χ2n) is 4.98. The molecule has 0 aromatic carbocycles. The molecule has 2 heterocycles. The average Bonchev–Trinajstić information content (AvgIpc) is 2.71. The van der Waals surface area contributed by atoms with Gasteiger partial charge in [-0.15, -0.1) is 0 Å². The van der Waals surface area contributed by atoms with Crippen LogP contribution >= 0.6 is 0 Å². The zero-order chi connectivity index (χ0) is 13.3. The van der Waals surface area contributed by atoms with Crippen molar-refractivity contribution < 1.29 is 28.8 Å². The van der Waals surface area contributed by atoms with E-state index >= 15 is 0 Å². The normalized spacial score (nSPS) is 37.6. The number of esters is 1. The molecule has 2 aliphatic heterocycles. The van der Waals surface area contributed by atoms with Crippen molar-refractivity contribution in [2.24, 2.45) is 0 Å². The highest BCUT2D eigenvalue weighted by molar-refractivity contribution is 5.69. The molecule has 0 aromatic heterocycles. The SMILES string of the molecule is CCOC(=O)CC[C@H]1O[C@@H]2OC(C)(C)O[C@@H]2[C@H]1O. The minimum absolute atomic E-state index is 0.221. The predicted octanol–water partition coefficient (Wildman–Crippen LogP) is 0.567. The minimum atomic E-state index is -0.772. The van der Waals surface area contributed by atoms with Crippen molar-refractivity contribution in [3.8, 4) is 0 Å². The fourth-order valence-electron chi connectivity index (χ4n) is 2.29. The molecular weight excluding hydrogens is 240 g/mol. The van der Waals surface area contributed by atoms with Crippen LogP contribution in [0.1, 0.15) is 33.6 Å². The standard InChI is InChI=1S/C12H20O6/c1-4-15-8(13)6-5-7-9(14)10-11(16-7)18-12(2,3)17-10/h7,9-11,14H,4-6H2,1-3H3/t7-,9+,10-,11-/m1/s1. The van der Waals surface area contributed by atoms with E-state index in [0.29, 0.717) is 13.0 Å². The van der Waals surface area contributed by atoms with E-state index in [2.05, 4.69) is 0 Å². The third kappa shape index (κ3) is 2.83. The van der Waals surface area contributed by atoms with E-state index in [1.807, 2.05) is 0 Å². The van der Waals surface area contributed by atoms with E-state index in [1.54, 1.807) is 20.8 Å². The van der Waals surface area contributed by atoms with Gasteiger partial charge in [-0.2, -0.15) is 0 Å². The largest absolute Gasteiger partial charge is 0.466 e. The van der Waals surface area contributed by atoms with Gasteiger partial charge in [0.2, 0.25) is 0 Å². The molecule has 2 rings (SSSR count). The number of rotatable bonds is 4. The van der Waals surface area contributed by atoms with E-state index in [0.717, 1.165) is 0 Å². The topological polar surface area (TPSA) is 74.2 Å². The summed E-state index contributed by atoms with van der Waals surface area (Å²) in [7, 11) is 0. The van der Waals surface area contributed by atoms with Crippen LogP contribution in [0.5, 0.6) is 0 Å². The Morgan fingerprint density at radius 2 is 2.11 bits per heavy atom. The summed E-state index contributed by atoms with van der Waals surface area (Å²) in [6, 6.07) is 0. The van der Waals surface area contributed by atoms with Crippen LogP contribution in [-0.2, 0) is 23.7 Å². The molecule has 6 heteroatoms. The van der Waals surface area contributed by atoms with Gasteiger partial charge in [0.15, 0.2) is 12.1 Å². The molecule has 0 unspecified atom stereocenters. The Bertz CT molecular complexity index is 316. The minimum Gasteiger partial charge on any atom is -0.466 e. The Labute approximate surface area is 106 Å². The van der Waals surface area contributed by atoms with E-state index in [4.69, 9.17) is 18.9 Å². The van der Waals surface area contributed by atoms with Crippen LogP contribution in [-0.4, -0.2) is 48.1 Å². The first-order chi connectivity index (χ1) is 8.43. The van der Waals surface area contributed by atoms with Gasteiger partial charge in [-0.3, -0.25) is 4.79 Å². The summed E-state index contributed by atoms with van der Waals surface area (Å²) in [5.74, 6) is -1.02. The number of carbonyl (C=O) groups is 1. The van der Waals surface area contributed by atoms with Crippen molar-refractivity contribution >= 4 is 5.97 Å². The number of hydrogen-bond donors (Lipinski definition) is 1. The van der Waals surface area contributed by atoms with Gasteiger partial charge < -0.3 is 24.1 Å². The zero-order valence-electron chi connectivity index (χ0n) is 10.9. The van der Waals surface area contributed by atoms with Crippen LogP contribution in [0.15, 0.2) is 0 Å². The number of hydrogen-bond acceptors (Lipinski definition) is 6. The van der Waals surface area contributed by atoms with E-state index < -0.39 is 30.4 Å². The molecule has 0 radical (unpaired) electrons. The van der Waals surface area contributed by atoms with E-state index in [9.17, 15) is 9.90 Å². The molecule has 1 N–H and O–H groups in total. The van der Waals surface area contributed by atoms with Crippen LogP contribution in [0.25, 0.3) is 0 Å². The lowest BCUT2D eigenvalue weighted by Gasteiger charge is -2.22. The number of fused-ring (bicyclic) bond motifs is 1.